The highest BCUT2D eigenvalue weighted by Crippen LogP contribution is 2.38. The average molecular weight is 312 g/mol. The Bertz CT molecular complexity index is 631. The fourth-order valence-electron chi connectivity index (χ4n) is 1.84. The van der Waals surface area contributed by atoms with Gasteiger partial charge < -0.3 is 10.4 Å². The van der Waals surface area contributed by atoms with Crippen LogP contribution < -0.4 is 5.32 Å². The number of anilines is 1. The predicted molar refractivity (Wildman–Crippen MR) is 79.7 cm³/mol. The number of rotatable bonds is 8. The number of aliphatic hydroxyl groups is 1. The van der Waals surface area contributed by atoms with Gasteiger partial charge in [-0.15, -0.1) is 11.8 Å². The first-order chi connectivity index (χ1) is 10.2. The SMILES string of the molecule is CCCSc1cc(NCCCO)c([N+](=O)[O-])c2nonc12. The molecule has 0 amide bonds. The Morgan fingerprint density at radius 3 is 2.90 bits per heavy atom. The van der Waals surface area contributed by atoms with Gasteiger partial charge in [-0.3, -0.25) is 10.1 Å². The molecule has 0 saturated carbocycles. The number of nitro benzene ring substituents is 1. The molecule has 0 saturated heterocycles. The first kappa shape index (κ1) is 15.5. The minimum absolute atomic E-state index is 0.0198. The second-order valence-electron chi connectivity index (χ2n) is 4.34. The highest BCUT2D eigenvalue weighted by atomic mass is 32.2. The highest BCUT2D eigenvalue weighted by molar-refractivity contribution is 7.99. The highest BCUT2D eigenvalue weighted by Gasteiger charge is 2.25. The number of nitrogens with one attached hydrogen (secondary N) is 1. The Morgan fingerprint density at radius 2 is 2.24 bits per heavy atom. The number of fused-ring (bicyclic) bond motifs is 1. The van der Waals surface area contributed by atoms with Crippen molar-refractivity contribution in [2.24, 2.45) is 0 Å². The summed E-state index contributed by atoms with van der Waals surface area (Å²) in [6, 6.07) is 1.70. The summed E-state index contributed by atoms with van der Waals surface area (Å²) in [4.78, 5) is 11.6. The minimum atomic E-state index is -0.498. The molecule has 8 nitrogen and oxygen atoms in total. The van der Waals surface area contributed by atoms with Crippen molar-refractivity contribution in [3.63, 3.8) is 0 Å². The van der Waals surface area contributed by atoms with Crippen LogP contribution in [0.15, 0.2) is 15.6 Å². The van der Waals surface area contributed by atoms with E-state index in [1.54, 1.807) is 17.8 Å². The number of hydrogen-bond donors (Lipinski definition) is 2. The standard InChI is InChI=1S/C12H16N4O4S/c1-2-6-21-9-7-8(13-4-3-5-17)12(16(18)19)11-10(9)14-20-15-11/h7,13,17H,2-6H2,1H3. The monoisotopic (exact) mass is 312 g/mol. The van der Waals surface area contributed by atoms with E-state index in [9.17, 15) is 10.1 Å². The second kappa shape index (κ2) is 7.23. The van der Waals surface area contributed by atoms with Crippen molar-refractivity contribution in [3.8, 4) is 0 Å². The van der Waals surface area contributed by atoms with Crippen molar-refractivity contribution < 1.29 is 14.7 Å². The molecule has 0 aliphatic heterocycles. The maximum absolute atomic E-state index is 11.3. The molecule has 21 heavy (non-hydrogen) atoms. The molecule has 114 valence electrons. The lowest BCUT2D eigenvalue weighted by Crippen LogP contribution is -2.06. The third kappa shape index (κ3) is 3.42. The normalized spacial score (nSPS) is 11.0. The van der Waals surface area contributed by atoms with Gasteiger partial charge in [-0.1, -0.05) is 6.92 Å². The maximum atomic E-state index is 11.3. The van der Waals surface area contributed by atoms with Crippen molar-refractivity contribution in [2.75, 3.05) is 24.2 Å². The van der Waals surface area contributed by atoms with E-state index in [2.05, 4.69) is 27.2 Å². The van der Waals surface area contributed by atoms with Crippen LogP contribution in [0.25, 0.3) is 11.0 Å². The van der Waals surface area contributed by atoms with Crippen molar-refractivity contribution >= 4 is 34.2 Å². The quantitative estimate of drug-likeness (QED) is 0.330. The van der Waals surface area contributed by atoms with Crippen LogP contribution in [0.3, 0.4) is 0 Å². The Balaban J connectivity index is 2.46. The lowest BCUT2D eigenvalue weighted by atomic mass is 10.2. The molecule has 2 aromatic rings. The number of benzene rings is 1. The first-order valence-electron chi connectivity index (χ1n) is 6.60. The fraction of sp³-hybridized carbons (Fsp3) is 0.500. The molecule has 0 spiro atoms. The summed E-state index contributed by atoms with van der Waals surface area (Å²) in [6.45, 7) is 2.51. The van der Waals surface area contributed by atoms with Gasteiger partial charge in [-0.05, 0) is 35.0 Å². The molecule has 1 aromatic heterocycles. The second-order valence-corrected chi connectivity index (χ2v) is 5.48. The van der Waals surface area contributed by atoms with Gasteiger partial charge in [-0.2, -0.15) is 0 Å². The predicted octanol–water partition coefficient (Wildman–Crippen LogP) is 2.43. The van der Waals surface area contributed by atoms with E-state index < -0.39 is 4.92 Å². The minimum Gasteiger partial charge on any atom is -0.396 e. The van der Waals surface area contributed by atoms with E-state index in [1.165, 1.54) is 0 Å². The Morgan fingerprint density at radius 1 is 1.48 bits per heavy atom. The molecule has 0 aliphatic carbocycles. The molecule has 0 aliphatic rings. The van der Waals surface area contributed by atoms with E-state index in [0.29, 0.717) is 24.2 Å². The largest absolute Gasteiger partial charge is 0.396 e. The smallest absolute Gasteiger partial charge is 0.323 e. The summed E-state index contributed by atoms with van der Waals surface area (Å²) in [5, 5.41) is 30.5. The van der Waals surface area contributed by atoms with Crippen molar-refractivity contribution in [1.29, 1.82) is 0 Å². The summed E-state index contributed by atoms with van der Waals surface area (Å²) in [5.41, 5.74) is 0.778. The van der Waals surface area contributed by atoms with Gasteiger partial charge in [0.2, 0.25) is 5.52 Å². The maximum Gasteiger partial charge on any atom is 0.323 e. The van der Waals surface area contributed by atoms with Gasteiger partial charge in [0.1, 0.15) is 5.69 Å². The molecule has 0 unspecified atom stereocenters. The number of thioether (sulfide) groups is 1. The number of aliphatic hydroxyl groups excluding tert-OH is 1. The number of hydrogen-bond acceptors (Lipinski definition) is 8. The fourth-order valence-corrected chi connectivity index (χ4v) is 2.74. The zero-order valence-electron chi connectivity index (χ0n) is 11.5. The summed E-state index contributed by atoms with van der Waals surface area (Å²) in [5.74, 6) is 0.871. The lowest BCUT2D eigenvalue weighted by Gasteiger charge is -2.08. The van der Waals surface area contributed by atoms with Crippen molar-refractivity contribution in [2.45, 2.75) is 24.7 Å². The third-order valence-corrected chi connectivity index (χ3v) is 4.01. The van der Waals surface area contributed by atoms with Crippen LogP contribution in [0.1, 0.15) is 19.8 Å². The molecule has 9 heteroatoms. The molecule has 2 rings (SSSR count). The van der Waals surface area contributed by atoms with Crippen LogP contribution in [0.2, 0.25) is 0 Å². The van der Waals surface area contributed by atoms with Crippen LogP contribution in [0.5, 0.6) is 0 Å². The van der Waals surface area contributed by atoms with Crippen molar-refractivity contribution in [1.82, 2.24) is 10.3 Å². The Hall–Kier alpha value is -1.87. The van der Waals surface area contributed by atoms with Gasteiger partial charge in [0.05, 0.1) is 4.92 Å². The Kier molecular flexibility index (Phi) is 5.34. The van der Waals surface area contributed by atoms with E-state index in [0.717, 1.165) is 17.1 Å². The molecule has 0 bridgehead atoms. The van der Waals surface area contributed by atoms with Gasteiger partial charge in [0.25, 0.3) is 0 Å². The van der Waals surface area contributed by atoms with Crippen molar-refractivity contribution in [3.05, 3.63) is 16.2 Å². The van der Waals surface area contributed by atoms with Gasteiger partial charge in [0.15, 0.2) is 5.52 Å². The molecule has 1 heterocycles. The van der Waals surface area contributed by atoms with E-state index in [-0.39, 0.29) is 17.8 Å². The molecular weight excluding hydrogens is 296 g/mol. The molecular formula is C12H16N4O4S. The summed E-state index contributed by atoms with van der Waals surface area (Å²) >= 11 is 1.55. The number of aromatic nitrogens is 2. The van der Waals surface area contributed by atoms with E-state index >= 15 is 0 Å². The molecule has 0 radical (unpaired) electrons. The summed E-state index contributed by atoms with van der Waals surface area (Å²) < 4.78 is 4.67. The van der Waals surface area contributed by atoms with Crippen LogP contribution in [-0.2, 0) is 0 Å². The summed E-state index contributed by atoms with van der Waals surface area (Å²) in [7, 11) is 0. The zero-order chi connectivity index (χ0) is 15.2. The van der Waals surface area contributed by atoms with Gasteiger partial charge in [0, 0.05) is 18.0 Å². The zero-order valence-corrected chi connectivity index (χ0v) is 12.4. The number of nitro groups is 1. The first-order valence-corrected chi connectivity index (χ1v) is 7.58. The van der Waals surface area contributed by atoms with E-state index in [4.69, 9.17) is 5.11 Å². The van der Waals surface area contributed by atoms with Gasteiger partial charge in [-0.25, -0.2) is 4.63 Å². The van der Waals surface area contributed by atoms with Gasteiger partial charge >= 0.3 is 5.69 Å². The van der Waals surface area contributed by atoms with E-state index in [1.807, 2.05) is 0 Å². The van der Waals surface area contributed by atoms with Crippen LogP contribution in [0, 0.1) is 10.1 Å². The summed E-state index contributed by atoms with van der Waals surface area (Å²) in [6.07, 6.45) is 1.48. The van der Waals surface area contributed by atoms with Crippen LogP contribution >= 0.6 is 11.8 Å². The lowest BCUT2D eigenvalue weighted by molar-refractivity contribution is -0.382. The van der Waals surface area contributed by atoms with Crippen LogP contribution in [-0.4, -0.2) is 39.2 Å². The van der Waals surface area contributed by atoms with Crippen LogP contribution in [0.4, 0.5) is 11.4 Å². The molecule has 2 N–H and O–H groups in total. The number of nitrogens with zero attached hydrogens (tertiary/aromatic N) is 3. The molecule has 1 aromatic carbocycles. The molecule has 0 fully saturated rings. The molecule has 0 atom stereocenters. The third-order valence-electron chi connectivity index (χ3n) is 2.77. The average Bonchev–Trinajstić information content (AvgIpc) is 2.93. The topological polar surface area (TPSA) is 114 Å². The Labute approximate surface area is 125 Å².